The molecule has 1 unspecified atom stereocenters. The first-order valence-corrected chi connectivity index (χ1v) is 22.0. The van der Waals surface area contributed by atoms with E-state index in [0.717, 1.165) is 83.5 Å². The number of esters is 2. The molecule has 0 aromatic carbocycles. The second kappa shape index (κ2) is 36.7. The summed E-state index contributed by atoms with van der Waals surface area (Å²) in [6, 6.07) is -1.52. The average molecular weight is 772 g/mol. The Bertz CT molecular complexity index is 1050. The van der Waals surface area contributed by atoms with Crippen LogP contribution in [0.25, 0.3) is 0 Å². The number of hydrogen-bond acceptors (Lipinski definition) is 9. The van der Waals surface area contributed by atoms with E-state index in [1.165, 1.54) is 51.4 Å². The van der Waals surface area contributed by atoms with Crippen LogP contribution in [-0.4, -0.2) is 59.9 Å². The van der Waals surface area contributed by atoms with Crippen LogP contribution >= 0.6 is 7.82 Å². The smallest absolute Gasteiger partial charge is 0.472 e. The first-order valence-electron chi connectivity index (χ1n) is 20.5. The molecular weight excluding hydrogens is 697 g/mol. The SMILES string of the molecule is CCCCC/C=C\C/C=C\CCCCCCCC(=O)O[C@H](COC(=O)CCCCCCC/C=C\CCCCCCC)COP(=O)(O)OC[C@H](N)C(=O)O. The number of phosphoric ester groups is 1. The molecule has 0 spiro atoms. The molecule has 0 bridgehead atoms. The van der Waals surface area contributed by atoms with Gasteiger partial charge in [-0.25, -0.2) is 4.57 Å². The molecule has 0 aliphatic heterocycles. The van der Waals surface area contributed by atoms with Crippen LogP contribution in [0.1, 0.15) is 174 Å². The third-order valence-electron chi connectivity index (χ3n) is 8.61. The number of ether oxygens (including phenoxy) is 2. The summed E-state index contributed by atoms with van der Waals surface area (Å²) >= 11 is 0. The lowest BCUT2D eigenvalue weighted by Crippen LogP contribution is -2.34. The third kappa shape index (κ3) is 36.4. The van der Waals surface area contributed by atoms with Crippen LogP contribution in [-0.2, 0) is 37.5 Å². The molecule has 308 valence electrons. The molecule has 4 N–H and O–H groups in total. The second-order valence-electron chi connectivity index (χ2n) is 13.8. The van der Waals surface area contributed by atoms with Crippen molar-refractivity contribution in [1.82, 2.24) is 0 Å². The molecule has 0 aromatic rings. The van der Waals surface area contributed by atoms with Crippen molar-refractivity contribution in [3.63, 3.8) is 0 Å². The molecule has 0 fully saturated rings. The van der Waals surface area contributed by atoms with Crippen LogP contribution in [0.15, 0.2) is 36.5 Å². The van der Waals surface area contributed by atoms with Crippen LogP contribution in [0.2, 0.25) is 0 Å². The number of rotatable bonds is 38. The van der Waals surface area contributed by atoms with Gasteiger partial charge < -0.3 is 25.2 Å². The zero-order chi connectivity index (χ0) is 39.3. The number of allylic oxidation sites excluding steroid dienone is 6. The van der Waals surface area contributed by atoms with Gasteiger partial charge in [0, 0.05) is 12.8 Å². The van der Waals surface area contributed by atoms with E-state index < -0.39 is 51.1 Å². The van der Waals surface area contributed by atoms with Gasteiger partial charge in [-0.3, -0.25) is 23.4 Å². The lowest BCUT2D eigenvalue weighted by molar-refractivity contribution is -0.161. The summed E-state index contributed by atoms with van der Waals surface area (Å²) in [4.78, 5) is 45.8. The Morgan fingerprint density at radius 1 is 0.585 bits per heavy atom. The molecule has 0 radical (unpaired) electrons. The highest BCUT2D eigenvalue weighted by Gasteiger charge is 2.28. The molecule has 0 aromatic heterocycles. The van der Waals surface area contributed by atoms with Crippen molar-refractivity contribution in [2.24, 2.45) is 5.73 Å². The fraction of sp³-hybridized carbons (Fsp3) is 0.780. The van der Waals surface area contributed by atoms with Crippen molar-refractivity contribution in [2.45, 2.75) is 187 Å². The molecule has 0 saturated heterocycles. The van der Waals surface area contributed by atoms with Gasteiger partial charge in [-0.15, -0.1) is 0 Å². The number of carbonyl (C=O) groups excluding carboxylic acids is 2. The fourth-order valence-corrected chi connectivity index (χ4v) is 6.10. The summed E-state index contributed by atoms with van der Waals surface area (Å²) in [5.41, 5.74) is 5.32. The van der Waals surface area contributed by atoms with Crippen molar-refractivity contribution >= 4 is 25.7 Å². The lowest BCUT2D eigenvalue weighted by Gasteiger charge is -2.20. The van der Waals surface area contributed by atoms with E-state index in [9.17, 15) is 23.8 Å². The van der Waals surface area contributed by atoms with Gasteiger partial charge in [-0.05, 0) is 70.6 Å². The minimum absolute atomic E-state index is 0.143. The predicted octanol–water partition coefficient (Wildman–Crippen LogP) is 10.4. The minimum Gasteiger partial charge on any atom is -0.480 e. The van der Waals surface area contributed by atoms with Gasteiger partial charge in [0.15, 0.2) is 6.10 Å². The van der Waals surface area contributed by atoms with Crippen molar-refractivity contribution in [2.75, 3.05) is 19.8 Å². The highest BCUT2D eigenvalue weighted by Crippen LogP contribution is 2.43. The van der Waals surface area contributed by atoms with Crippen LogP contribution in [0.4, 0.5) is 0 Å². The van der Waals surface area contributed by atoms with E-state index in [4.69, 9.17) is 24.8 Å². The number of aliphatic carboxylic acids is 1. The van der Waals surface area contributed by atoms with E-state index in [0.29, 0.717) is 12.8 Å². The molecule has 0 aliphatic carbocycles. The minimum atomic E-state index is -4.72. The largest absolute Gasteiger partial charge is 0.480 e. The number of carboxylic acids is 1. The molecule has 3 atom stereocenters. The summed E-state index contributed by atoms with van der Waals surface area (Å²) in [7, 11) is -4.72. The second-order valence-corrected chi connectivity index (χ2v) is 15.2. The third-order valence-corrected chi connectivity index (χ3v) is 9.56. The van der Waals surface area contributed by atoms with Gasteiger partial charge in [-0.1, -0.05) is 127 Å². The van der Waals surface area contributed by atoms with Gasteiger partial charge in [0.25, 0.3) is 0 Å². The van der Waals surface area contributed by atoms with Gasteiger partial charge in [-0.2, -0.15) is 0 Å². The molecule has 0 aliphatic rings. The standard InChI is InChI=1S/C41H74NO10P/c1-3-5-7-9-11-13-15-17-19-21-23-25-27-29-31-33-40(44)52-37(35-50-53(47,48)51-36-38(42)41(45)46)34-49-39(43)32-30-28-26-24-22-20-18-16-14-12-10-8-6-4-2/h11,13,16-19,37-38H,3-10,12,14-15,20-36,42H2,1-2H3,(H,45,46)(H,47,48)/b13-11-,18-16-,19-17-/t37-,38+/m1/s1. The number of carbonyl (C=O) groups is 3. The van der Waals surface area contributed by atoms with E-state index >= 15 is 0 Å². The van der Waals surface area contributed by atoms with Gasteiger partial charge in [0.05, 0.1) is 13.2 Å². The molecular formula is C41H74NO10P. The number of carboxylic acid groups (broad SMARTS) is 1. The predicted molar refractivity (Wildman–Crippen MR) is 212 cm³/mol. The quantitative estimate of drug-likeness (QED) is 0.0236. The zero-order valence-corrected chi connectivity index (χ0v) is 34.0. The van der Waals surface area contributed by atoms with Gasteiger partial charge in [0.2, 0.25) is 0 Å². The van der Waals surface area contributed by atoms with Gasteiger partial charge in [0.1, 0.15) is 12.6 Å². The lowest BCUT2D eigenvalue weighted by atomic mass is 10.1. The summed E-state index contributed by atoms with van der Waals surface area (Å²) in [5, 5.41) is 8.87. The van der Waals surface area contributed by atoms with Crippen LogP contribution in [0.5, 0.6) is 0 Å². The normalized spacial score (nSPS) is 14.2. The number of nitrogens with two attached hydrogens (primary N) is 1. The summed E-state index contributed by atoms with van der Waals surface area (Å²) in [6.07, 6.45) is 37.8. The van der Waals surface area contributed by atoms with E-state index in [2.05, 4.69) is 54.8 Å². The Labute approximate surface area is 321 Å². The molecule has 0 rings (SSSR count). The molecule has 0 amide bonds. The number of unbranched alkanes of at least 4 members (excludes halogenated alkanes) is 18. The van der Waals surface area contributed by atoms with Crippen molar-refractivity contribution in [3.05, 3.63) is 36.5 Å². The zero-order valence-electron chi connectivity index (χ0n) is 33.1. The first kappa shape index (κ1) is 50.7. The first-order chi connectivity index (χ1) is 25.6. The van der Waals surface area contributed by atoms with Crippen molar-refractivity contribution < 1.29 is 47.5 Å². The topological polar surface area (TPSA) is 172 Å². The van der Waals surface area contributed by atoms with E-state index in [-0.39, 0.29) is 19.4 Å². The molecule has 0 heterocycles. The summed E-state index contributed by atoms with van der Waals surface area (Å²) < 4.78 is 32.6. The van der Waals surface area contributed by atoms with E-state index in [1.54, 1.807) is 0 Å². The highest BCUT2D eigenvalue weighted by molar-refractivity contribution is 7.47. The Morgan fingerprint density at radius 3 is 1.53 bits per heavy atom. The Kier molecular flexibility index (Phi) is 35.1. The van der Waals surface area contributed by atoms with Crippen LogP contribution < -0.4 is 5.73 Å². The average Bonchev–Trinajstić information content (AvgIpc) is 3.13. The number of phosphoric acid groups is 1. The molecule has 12 heteroatoms. The maximum absolute atomic E-state index is 12.6. The Morgan fingerprint density at radius 2 is 1.00 bits per heavy atom. The Balaban J connectivity index is 4.44. The van der Waals surface area contributed by atoms with Crippen LogP contribution in [0, 0.1) is 0 Å². The summed E-state index contributed by atoms with van der Waals surface area (Å²) in [5.74, 6) is -2.41. The van der Waals surface area contributed by atoms with Crippen molar-refractivity contribution in [1.29, 1.82) is 0 Å². The Hall–Kier alpha value is -2.30. The summed E-state index contributed by atoms with van der Waals surface area (Å²) in [6.45, 7) is 2.73. The molecule has 11 nitrogen and oxygen atoms in total. The van der Waals surface area contributed by atoms with Crippen LogP contribution in [0.3, 0.4) is 0 Å². The monoisotopic (exact) mass is 772 g/mol. The van der Waals surface area contributed by atoms with Crippen molar-refractivity contribution in [3.8, 4) is 0 Å². The maximum Gasteiger partial charge on any atom is 0.472 e. The maximum atomic E-state index is 12.6. The molecule has 53 heavy (non-hydrogen) atoms. The van der Waals surface area contributed by atoms with Gasteiger partial charge >= 0.3 is 25.7 Å². The van der Waals surface area contributed by atoms with E-state index in [1.807, 2.05) is 0 Å². The molecule has 0 saturated carbocycles. The fourth-order valence-electron chi connectivity index (χ4n) is 5.32. The highest BCUT2D eigenvalue weighted by atomic mass is 31.2. The number of hydrogen-bond donors (Lipinski definition) is 3.